The van der Waals surface area contributed by atoms with Crippen LogP contribution in [0.25, 0.3) is 0 Å². The van der Waals surface area contributed by atoms with E-state index in [1.54, 1.807) is 11.3 Å². The van der Waals surface area contributed by atoms with Crippen LogP contribution in [0.2, 0.25) is 0 Å². The second-order valence-electron chi connectivity index (χ2n) is 5.13. The number of nitrogens with zero attached hydrogens (tertiary/aromatic N) is 2. The molecule has 1 saturated heterocycles. The Morgan fingerprint density at radius 2 is 2.38 bits per heavy atom. The van der Waals surface area contributed by atoms with Crippen LogP contribution in [0, 0.1) is 5.92 Å². The SMILES string of the molecule is CC1CN(C2CC2)CC1NCc1cscn1. The lowest BCUT2D eigenvalue weighted by Crippen LogP contribution is -2.35. The van der Waals surface area contributed by atoms with Crippen LogP contribution >= 0.6 is 11.3 Å². The lowest BCUT2D eigenvalue weighted by Gasteiger charge is -2.16. The van der Waals surface area contributed by atoms with Gasteiger partial charge in [-0.2, -0.15) is 0 Å². The zero-order valence-electron chi connectivity index (χ0n) is 9.72. The van der Waals surface area contributed by atoms with E-state index in [4.69, 9.17) is 0 Å². The van der Waals surface area contributed by atoms with Gasteiger partial charge < -0.3 is 5.32 Å². The molecule has 1 aromatic heterocycles. The molecule has 0 amide bonds. The molecule has 16 heavy (non-hydrogen) atoms. The maximum absolute atomic E-state index is 4.31. The average molecular weight is 237 g/mol. The maximum atomic E-state index is 4.31. The van der Waals surface area contributed by atoms with Crippen LogP contribution < -0.4 is 5.32 Å². The molecule has 2 fully saturated rings. The maximum Gasteiger partial charge on any atom is 0.0795 e. The summed E-state index contributed by atoms with van der Waals surface area (Å²) in [7, 11) is 0. The van der Waals surface area contributed by atoms with Gasteiger partial charge in [-0.05, 0) is 18.8 Å². The third kappa shape index (κ3) is 2.29. The monoisotopic (exact) mass is 237 g/mol. The second kappa shape index (κ2) is 4.43. The minimum Gasteiger partial charge on any atom is -0.307 e. The van der Waals surface area contributed by atoms with Gasteiger partial charge >= 0.3 is 0 Å². The molecule has 1 aliphatic carbocycles. The van der Waals surface area contributed by atoms with Gasteiger partial charge in [0.15, 0.2) is 0 Å². The second-order valence-corrected chi connectivity index (χ2v) is 5.85. The summed E-state index contributed by atoms with van der Waals surface area (Å²) in [5.41, 5.74) is 3.09. The fraction of sp³-hybridized carbons (Fsp3) is 0.750. The smallest absolute Gasteiger partial charge is 0.0795 e. The van der Waals surface area contributed by atoms with Gasteiger partial charge in [0, 0.05) is 37.1 Å². The van der Waals surface area contributed by atoms with Crippen LogP contribution in [-0.4, -0.2) is 35.1 Å². The van der Waals surface area contributed by atoms with Crippen LogP contribution in [0.4, 0.5) is 0 Å². The first kappa shape index (κ1) is 10.7. The molecule has 4 heteroatoms. The predicted molar refractivity (Wildman–Crippen MR) is 66.5 cm³/mol. The van der Waals surface area contributed by atoms with Crippen LogP contribution in [0.1, 0.15) is 25.5 Å². The Kier molecular flexibility index (Phi) is 2.96. The molecule has 2 atom stereocenters. The first-order chi connectivity index (χ1) is 7.83. The first-order valence-electron chi connectivity index (χ1n) is 6.17. The lowest BCUT2D eigenvalue weighted by molar-refractivity contribution is 0.313. The zero-order valence-corrected chi connectivity index (χ0v) is 10.5. The van der Waals surface area contributed by atoms with Crippen molar-refractivity contribution in [3.05, 3.63) is 16.6 Å². The van der Waals surface area contributed by atoms with Gasteiger partial charge in [0.25, 0.3) is 0 Å². The van der Waals surface area contributed by atoms with Crippen LogP contribution in [0.3, 0.4) is 0 Å². The predicted octanol–water partition coefficient (Wildman–Crippen LogP) is 1.72. The van der Waals surface area contributed by atoms with E-state index in [-0.39, 0.29) is 0 Å². The summed E-state index contributed by atoms with van der Waals surface area (Å²) in [6.45, 7) is 5.80. The molecule has 2 unspecified atom stereocenters. The fourth-order valence-electron chi connectivity index (χ4n) is 2.57. The van der Waals surface area contributed by atoms with E-state index in [0.717, 1.165) is 18.5 Å². The highest BCUT2D eigenvalue weighted by Gasteiger charge is 2.37. The Bertz CT molecular complexity index is 334. The topological polar surface area (TPSA) is 28.2 Å². The molecule has 1 saturated carbocycles. The van der Waals surface area contributed by atoms with E-state index in [1.165, 1.54) is 31.6 Å². The molecule has 2 heterocycles. The van der Waals surface area contributed by atoms with E-state index >= 15 is 0 Å². The fourth-order valence-corrected chi connectivity index (χ4v) is 3.13. The number of rotatable bonds is 4. The molecule has 3 nitrogen and oxygen atoms in total. The van der Waals surface area contributed by atoms with Gasteiger partial charge in [-0.25, -0.2) is 4.98 Å². The van der Waals surface area contributed by atoms with E-state index in [9.17, 15) is 0 Å². The molecular weight excluding hydrogens is 218 g/mol. The third-order valence-electron chi connectivity index (χ3n) is 3.73. The number of aromatic nitrogens is 1. The van der Waals surface area contributed by atoms with Crippen molar-refractivity contribution in [3.63, 3.8) is 0 Å². The largest absolute Gasteiger partial charge is 0.307 e. The summed E-state index contributed by atoms with van der Waals surface area (Å²) in [4.78, 5) is 6.97. The minimum atomic E-state index is 0.655. The first-order valence-corrected chi connectivity index (χ1v) is 7.11. The molecular formula is C12H19N3S. The molecule has 1 N–H and O–H groups in total. The Balaban J connectivity index is 1.51. The van der Waals surface area contributed by atoms with Gasteiger partial charge in [-0.15, -0.1) is 11.3 Å². The highest BCUT2D eigenvalue weighted by molar-refractivity contribution is 7.07. The van der Waals surface area contributed by atoms with Gasteiger partial charge in [-0.3, -0.25) is 4.90 Å². The molecule has 0 radical (unpaired) electrons. The van der Waals surface area contributed by atoms with Crippen molar-refractivity contribution < 1.29 is 0 Å². The molecule has 1 aliphatic heterocycles. The van der Waals surface area contributed by atoms with E-state index in [0.29, 0.717) is 6.04 Å². The number of thiazole rings is 1. The number of likely N-dealkylation sites (tertiary alicyclic amines) is 1. The van der Waals surface area contributed by atoms with E-state index < -0.39 is 0 Å². The van der Waals surface area contributed by atoms with Gasteiger partial charge in [-0.1, -0.05) is 6.92 Å². The van der Waals surface area contributed by atoms with Crippen LogP contribution in [-0.2, 0) is 6.54 Å². The van der Waals surface area contributed by atoms with Crippen molar-refractivity contribution in [1.82, 2.24) is 15.2 Å². The Morgan fingerprint density at radius 1 is 1.50 bits per heavy atom. The van der Waals surface area contributed by atoms with Crippen molar-refractivity contribution in [1.29, 1.82) is 0 Å². The van der Waals surface area contributed by atoms with Crippen molar-refractivity contribution in [2.24, 2.45) is 5.92 Å². The Labute approximate surface area is 101 Å². The standard InChI is InChI=1S/C12H19N3S/c1-9-5-15(11-2-3-11)6-12(9)13-4-10-7-16-8-14-10/h7-9,11-13H,2-6H2,1H3. The summed E-state index contributed by atoms with van der Waals surface area (Å²) in [5, 5.41) is 5.78. The normalized spacial score (nSPS) is 31.1. The van der Waals surface area contributed by atoms with E-state index in [1.807, 2.05) is 5.51 Å². The molecule has 88 valence electrons. The number of nitrogens with one attached hydrogen (secondary N) is 1. The third-order valence-corrected chi connectivity index (χ3v) is 4.37. The van der Waals surface area contributed by atoms with Crippen molar-refractivity contribution in [3.8, 4) is 0 Å². The molecule has 3 rings (SSSR count). The van der Waals surface area contributed by atoms with Gasteiger partial charge in [0.2, 0.25) is 0 Å². The molecule has 0 spiro atoms. The van der Waals surface area contributed by atoms with Crippen molar-refractivity contribution in [2.75, 3.05) is 13.1 Å². The van der Waals surface area contributed by atoms with Crippen LogP contribution in [0.5, 0.6) is 0 Å². The number of hydrogen-bond acceptors (Lipinski definition) is 4. The summed E-state index contributed by atoms with van der Waals surface area (Å²) >= 11 is 1.68. The zero-order chi connectivity index (χ0) is 11.0. The highest BCUT2D eigenvalue weighted by atomic mass is 32.1. The minimum absolute atomic E-state index is 0.655. The van der Waals surface area contributed by atoms with E-state index in [2.05, 4.69) is 27.5 Å². The van der Waals surface area contributed by atoms with Crippen molar-refractivity contribution >= 4 is 11.3 Å². The summed E-state index contributed by atoms with van der Waals surface area (Å²) < 4.78 is 0. The summed E-state index contributed by atoms with van der Waals surface area (Å²) in [6, 6.07) is 1.57. The summed E-state index contributed by atoms with van der Waals surface area (Å²) in [5.74, 6) is 0.777. The molecule has 0 aromatic carbocycles. The quantitative estimate of drug-likeness (QED) is 0.864. The number of hydrogen-bond donors (Lipinski definition) is 1. The van der Waals surface area contributed by atoms with Gasteiger partial charge in [0.05, 0.1) is 11.2 Å². The average Bonchev–Trinajstić information content (AvgIpc) is 2.86. The Morgan fingerprint density at radius 3 is 3.06 bits per heavy atom. The summed E-state index contributed by atoms with van der Waals surface area (Å²) in [6.07, 6.45) is 2.84. The highest BCUT2D eigenvalue weighted by Crippen LogP contribution is 2.31. The Hall–Kier alpha value is -0.450. The molecule has 1 aromatic rings. The van der Waals surface area contributed by atoms with Crippen LogP contribution in [0.15, 0.2) is 10.9 Å². The molecule has 2 aliphatic rings. The molecule has 0 bridgehead atoms. The van der Waals surface area contributed by atoms with Crippen molar-refractivity contribution in [2.45, 2.75) is 38.4 Å². The lowest BCUT2D eigenvalue weighted by atomic mass is 10.1. The van der Waals surface area contributed by atoms with Gasteiger partial charge in [0.1, 0.15) is 0 Å².